The maximum absolute atomic E-state index is 15.6. The number of ketones is 1. The summed E-state index contributed by atoms with van der Waals surface area (Å²) in [5, 5.41) is 0.722. The van der Waals surface area contributed by atoms with Crippen LogP contribution in [0.5, 0.6) is 0 Å². The van der Waals surface area contributed by atoms with Crippen LogP contribution in [0.25, 0.3) is 22.2 Å². The Morgan fingerprint density at radius 3 is 2.36 bits per heavy atom. The Morgan fingerprint density at radius 1 is 1.09 bits per heavy atom. The Bertz CT molecular complexity index is 1800. The fourth-order valence-electron chi connectivity index (χ4n) is 4.43. The number of hydrogen-bond acceptors (Lipinski definition) is 7. The van der Waals surface area contributed by atoms with Gasteiger partial charge in [-0.1, -0.05) is 44.5 Å². The number of hydrogen-bond donors (Lipinski definition) is 2. The van der Waals surface area contributed by atoms with Crippen LogP contribution in [0.4, 0.5) is 14.5 Å². The lowest BCUT2D eigenvalue weighted by molar-refractivity contribution is -0.155. The molecule has 2 heterocycles. The van der Waals surface area contributed by atoms with Crippen LogP contribution in [-0.2, 0) is 19.6 Å². The topological polar surface area (TPSA) is 133 Å². The third kappa shape index (κ3) is 7.37. The molecule has 0 saturated heterocycles. The second-order valence-corrected chi connectivity index (χ2v) is 12.7. The summed E-state index contributed by atoms with van der Waals surface area (Å²) in [6, 6.07) is 9.28. The lowest BCUT2D eigenvalue weighted by Crippen LogP contribution is -2.38. The van der Waals surface area contributed by atoms with E-state index in [1.807, 2.05) is 0 Å². The highest BCUT2D eigenvalue weighted by Gasteiger charge is 2.29. The normalized spacial score (nSPS) is 12.9. The van der Waals surface area contributed by atoms with Crippen LogP contribution in [0.15, 0.2) is 54.9 Å². The second-order valence-electron chi connectivity index (χ2n) is 10.4. The summed E-state index contributed by atoms with van der Waals surface area (Å²) in [6.07, 6.45) is 2.08. The smallest absolute Gasteiger partial charge is 0.325 e. The number of pyridine rings is 1. The van der Waals surface area contributed by atoms with E-state index in [-0.39, 0.29) is 47.1 Å². The predicted molar refractivity (Wildman–Crippen MR) is 169 cm³/mol. The molecule has 0 aliphatic rings. The number of nitrogens with one attached hydrogen (secondary N) is 1. The van der Waals surface area contributed by atoms with Crippen molar-refractivity contribution in [3.8, 4) is 11.1 Å². The number of carbonyl (C=O) groups is 2. The van der Waals surface area contributed by atoms with Gasteiger partial charge in [-0.25, -0.2) is 22.2 Å². The van der Waals surface area contributed by atoms with Crippen molar-refractivity contribution in [1.29, 1.82) is 0 Å². The molecule has 0 bridgehead atoms. The highest BCUT2D eigenvalue weighted by atomic mass is 35.5. The Hall–Kier alpha value is -3.58. The van der Waals surface area contributed by atoms with E-state index in [9.17, 15) is 18.0 Å². The van der Waals surface area contributed by atoms with E-state index < -0.39 is 56.9 Å². The molecule has 0 fully saturated rings. The molecule has 236 valence electrons. The van der Waals surface area contributed by atoms with Crippen LogP contribution in [0.2, 0.25) is 5.02 Å². The Kier molecular flexibility index (Phi) is 11.1. The molecule has 4 rings (SSSR count). The van der Waals surface area contributed by atoms with Gasteiger partial charge in [-0.2, -0.15) is 0 Å². The van der Waals surface area contributed by atoms with Gasteiger partial charge in [0.15, 0.2) is 12.0 Å². The lowest BCUT2D eigenvalue weighted by Gasteiger charge is -2.20. The first-order valence-electron chi connectivity index (χ1n) is 13.5. The summed E-state index contributed by atoms with van der Waals surface area (Å²) in [6.45, 7) is 6.69. The predicted octanol–water partition coefficient (Wildman–Crippen LogP) is 6.48. The van der Waals surface area contributed by atoms with Gasteiger partial charge in [0.1, 0.15) is 17.5 Å². The number of carbonyl (C=O) groups excluding carboxylic acids is 2. The van der Waals surface area contributed by atoms with Crippen molar-refractivity contribution in [2.45, 2.75) is 46.4 Å². The number of aromatic nitrogens is 2. The summed E-state index contributed by atoms with van der Waals surface area (Å²) in [7, 11) is -3.94. The Balaban J connectivity index is 0.00000529. The summed E-state index contributed by atoms with van der Waals surface area (Å²) in [5.41, 5.74) is 5.74. The molecule has 2 aromatic heterocycles. The zero-order chi connectivity index (χ0) is 31.6. The minimum Gasteiger partial charge on any atom is -0.440 e. The second kappa shape index (κ2) is 14.0. The van der Waals surface area contributed by atoms with Crippen molar-refractivity contribution in [2.24, 2.45) is 11.7 Å². The van der Waals surface area contributed by atoms with Crippen molar-refractivity contribution in [2.75, 3.05) is 10.5 Å². The Morgan fingerprint density at radius 2 is 1.75 bits per heavy atom. The van der Waals surface area contributed by atoms with E-state index in [4.69, 9.17) is 22.1 Å². The maximum atomic E-state index is 15.6. The largest absolute Gasteiger partial charge is 0.440 e. The van der Waals surface area contributed by atoms with Crippen molar-refractivity contribution in [3.63, 3.8) is 0 Å². The number of ether oxygens (including phenoxy) is 1. The van der Waals surface area contributed by atoms with Gasteiger partial charge in [0, 0.05) is 28.4 Å². The number of nitrogens with zero attached hydrogens (tertiary/aromatic N) is 2. The molecule has 0 saturated carbocycles. The molecule has 2 unspecified atom stereocenters. The van der Waals surface area contributed by atoms with E-state index in [1.165, 1.54) is 23.9 Å². The van der Waals surface area contributed by atoms with Crippen molar-refractivity contribution >= 4 is 62.5 Å². The molecule has 44 heavy (non-hydrogen) atoms. The minimum absolute atomic E-state index is 0. The zero-order valence-electron chi connectivity index (χ0n) is 24.3. The summed E-state index contributed by atoms with van der Waals surface area (Å²) in [5.74, 6) is -4.80. The molecule has 2 aromatic carbocycles. The van der Waals surface area contributed by atoms with Crippen molar-refractivity contribution < 1.29 is 31.5 Å². The van der Waals surface area contributed by atoms with E-state index >= 15 is 8.78 Å². The molecule has 0 aliphatic heterocycles. The molecule has 0 aliphatic carbocycles. The molecule has 14 heteroatoms. The highest BCUT2D eigenvalue weighted by Crippen LogP contribution is 2.33. The molecular formula is C30H32Cl2F2N4O5S. The van der Waals surface area contributed by atoms with Crippen molar-refractivity contribution in [3.05, 3.63) is 82.6 Å². The monoisotopic (exact) mass is 668 g/mol. The average molecular weight is 670 g/mol. The fourth-order valence-corrected chi connectivity index (χ4v) is 5.68. The first-order chi connectivity index (χ1) is 20.2. The number of fused-ring (bicyclic) bond motifs is 1. The minimum atomic E-state index is -3.94. The van der Waals surface area contributed by atoms with Crippen LogP contribution in [0, 0.1) is 17.6 Å². The summed E-state index contributed by atoms with van der Waals surface area (Å²) >= 11 is 6.02. The molecule has 4 aromatic rings. The molecule has 0 spiro atoms. The zero-order valence-corrected chi connectivity index (χ0v) is 26.7. The van der Waals surface area contributed by atoms with Gasteiger partial charge in [-0.3, -0.25) is 18.9 Å². The van der Waals surface area contributed by atoms with Crippen LogP contribution in [0.1, 0.15) is 56.3 Å². The van der Waals surface area contributed by atoms with E-state index in [0.29, 0.717) is 16.1 Å². The quantitative estimate of drug-likeness (QED) is 0.138. The first kappa shape index (κ1) is 34.9. The number of esters is 1. The number of sulfonamides is 1. The van der Waals surface area contributed by atoms with E-state index in [1.54, 1.807) is 51.1 Å². The van der Waals surface area contributed by atoms with Crippen LogP contribution in [0.3, 0.4) is 0 Å². The highest BCUT2D eigenvalue weighted by molar-refractivity contribution is 7.92. The Labute approximate surface area is 265 Å². The van der Waals surface area contributed by atoms with E-state index in [0.717, 1.165) is 12.1 Å². The third-order valence-electron chi connectivity index (χ3n) is 6.82. The maximum Gasteiger partial charge on any atom is 0.325 e. The summed E-state index contributed by atoms with van der Waals surface area (Å²) < 4.78 is 64.3. The van der Waals surface area contributed by atoms with E-state index in [2.05, 4.69) is 9.71 Å². The number of benzene rings is 2. The molecule has 0 radical (unpaired) electrons. The average Bonchev–Trinajstić information content (AvgIpc) is 3.33. The number of nitrogens with two attached hydrogens (primary N) is 1. The number of rotatable bonds is 11. The van der Waals surface area contributed by atoms with Crippen LogP contribution < -0.4 is 10.5 Å². The molecule has 2 atom stereocenters. The van der Waals surface area contributed by atoms with Gasteiger partial charge in [-0.15, -0.1) is 12.4 Å². The molecule has 9 nitrogen and oxygen atoms in total. The lowest BCUT2D eigenvalue weighted by atomic mass is 10.00. The van der Waals surface area contributed by atoms with Gasteiger partial charge >= 0.3 is 5.97 Å². The van der Waals surface area contributed by atoms with Gasteiger partial charge in [-0.05, 0) is 55.2 Å². The van der Waals surface area contributed by atoms with Gasteiger partial charge in [0.25, 0.3) is 0 Å². The van der Waals surface area contributed by atoms with Gasteiger partial charge < -0.3 is 10.5 Å². The third-order valence-corrected chi connectivity index (χ3v) is 8.55. The standard InChI is InChI=1S/C30H31ClF2N4O5S.ClH/c1-5-12-43(40,41)36-24-11-10-23(32)25(26(24)33)28(38)22-15-37(17(4)42-30(39)27(34)16(2)3)29-21(22)13-19(14-35-29)18-6-8-20(31)9-7-18;/h6-11,13-17,27,36H,5,12,34H2,1-4H3;1H. The number of anilines is 1. The number of halogens is 4. The van der Waals surface area contributed by atoms with Crippen LogP contribution in [-0.4, -0.2) is 41.5 Å². The van der Waals surface area contributed by atoms with Gasteiger partial charge in [0.05, 0.1) is 22.6 Å². The molecular weight excluding hydrogens is 637 g/mol. The molecule has 0 amide bonds. The first-order valence-corrected chi connectivity index (χ1v) is 15.5. The van der Waals surface area contributed by atoms with Crippen molar-refractivity contribution in [1.82, 2.24) is 9.55 Å². The van der Waals surface area contributed by atoms with Gasteiger partial charge in [0.2, 0.25) is 15.8 Å². The molecule has 3 N–H and O–H groups in total. The van der Waals surface area contributed by atoms with Crippen LogP contribution >= 0.6 is 24.0 Å². The summed E-state index contributed by atoms with van der Waals surface area (Å²) in [4.78, 5) is 30.9. The fraction of sp³-hybridized carbons (Fsp3) is 0.300. The SMILES string of the molecule is CCCS(=O)(=O)Nc1ccc(F)c(C(=O)c2cn(C(C)OC(=O)C(N)C(C)C)c3ncc(-c4ccc(Cl)cc4)cc23)c1F.Cl.